The van der Waals surface area contributed by atoms with Crippen LogP contribution in [0.4, 0.5) is 0 Å². The molecule has 0 heterocycles. The van der Waals surface area contributed by atoms with Crippen LogP contribution in [0.15, 0.2) is 12.2 Å². The standard InChI is InChI=1S/C17H34O3S/c1-3-4-5-6-7-8-9-10-11-12-13-14-15-16-17-20-21(2,18)19/h8-9H,3-7,10-17H2,1-2H3/b9-8+. The zero-order valence-corrected chi connectivity index (χ0v) is 14.8. The molecule has 0 aromatic rings. The fourth-order valence-corrected chi connectivity index (χ4v) is 2.63. The van der Waals surface area contributed by atoms with Crippen LogP contribution in [0.2, 0.25) is 0 Å². The summed E-state index contributed by atoms with van der Waals surface area (Å²) in [4.78, 5) is 0. The van der Waals surface area contributed by atoms with Crippen molar-refractivity contribution in [1.29, 1.82) is 0 Å². The van der Waals surface area contributed by atoms with E-state index in [0.717, 1.165) is 19.1 Å². The minimum absolute atomic E-state index is 0.333. The van der Waals surface area contributed by atoms with Crippen molar-refractivity contribution in [1.82, 2.24) is 0 Å². The van der Waals surface area contributed by atoms with Gasteiger partial charge in [-0.25, -0.2) is 0 Å². The van der Waals surface area contributed by atoms with Crippen molar-refractivity contribution in [3.8, 4) is 0 Å². The number of unbranched alkanes of at least 4 members (excludes halogenated alkanes) is 10. The van der Waals surface area contributed by atoms with Crippen LogP contribution >= 0.6 is 0 Å². The van der Waals surface area contributed by atoms with Crippen LogP contribution in [-0.4, -0.2) is 21.3 Å². The van der Waals surface area contributed by atoms with Crippen molar-refractivity contribution >= 4 is 10.1 Å². The first-order valence-corrected chi connectivity index (χ1v) is 10.4. The highest BCUT2D eigenvalue weighted by atomic mass is 32.2. The lowest BCUT2D eigenvalue weighted by molar-refractivity contribution is 0.309. The van der Waals surface area contributed by atoms with Crippen molar-refractivity contribution in [3.63, 3.8) is 0 Å². The molecule has 4 heteroatoms. The van der Waals surface area contributed by atoms with E-state index in [1.165, 1.54) is 64.2 Å². The molecule has 0 amide bonds. The first-order chi connectivity index (χ1) is 10.1. The van der Waals surface area contributed by atoms with Crippen molar-refractivity contribution in [2.24, 2.45) is 0 Å². The molecule has 0 aromatic heterocycles. The second-order valence-corrected chi connectivity index (χ2v) is 7.40. The lowest BCUT2D eigenvalue weighted by Gasteiger charge is -2.01. The van der Waals surface area contributed by atoms with Crippen LogP contribution < -0.4 is 0 Å². The summed E-state index contributed by atoms with van der Waals surface area (Å²) in [6, 6.07) is 0. The van der Waals surface area contributed by atoms with E-state index in [0.29, 0.717) is 6.61 Å². The zero-order chi connectivity index (χ0) is 15.8. The molecule has 0 rings (SSSR count). The zero-order valence-electron chi connectivity index (χ0n) is 14.0. The lowest BCUT2D eigenvalue weighted by atomic mass is 10.1. The summed E-state index contributed by atoms with van der Waals surface area (Å²) < 4.78 is 26.2. The van der Waals surface area contributed by atoms with Gasteiger partial charge in [-0.05, 0) is 32.1 Å². The van der Waals surface area contributed by atoms with Gasteiger partial charge in [-0.1, -0.05) is 64.0 Å². The maximum atomic E-state index is 10.7. The van der Waals surface area contributed by atoms with E-state index in [2.05, 4.69) is 19.1 Å². The highest BCUT2D eigenvalue weighted by molar-refractivity contribution is 7.85. The first kappa shape index (κ1) is 20.6. The number of rotatable bonds is 15. The van der Waals surface area contributed by atoms with E-state index in [9.17, 15) is 8.42 Å². The van der Waals surface area contributed by atoms with Gasteiger partial charge in [0, 0.05) is 0 Å². The van der Waals surface area contributed by atoms with Crippen LogP contribution in [-0.2, 0) is 14.3 Å². The van der Waals surface area contributed by atoms with Crippen molar-refractivity contribution in [2.45, 2.75) is 84.0 Å². The van der Waals surface area contributed by atoms with Crippen molar-refractivity contribution in [3.05, 3.63) is 12.2 Å². The Hall–Kier alpha value is -0.350. The van der Waals surface area contributed by atoms with Gasteiger partial charge in [0.25, 0.3) is 10.1 Å². The summed E-state index contributed by atoms with van der Waals surface area (Å²) in [7, 11) is -3.25. The molecule has 0 N–H and O–H groups in total. The van der Waals surface area contributed by atoms with Gasteiger partial charge >= 0.3 is 0 Å². The van der Waals surface area contributed by atoms with Crippen molar-refractivity contribution < 1.29 is 12.6 Å². The molecule has 0 fully saturated rings. The molecule has 0 aliphatic carbocycles. The number of allylic oxidation sites excluding steroid dienone is 2. The summed E-state index contributed by atoms with van der Waals surface area (Å²) in [6.07, 6.45) is 20.4. The predicted molar refractivity (Wildman–Crippen MR) is 91.0 cm³/mol. The molecule has 3 nitrogen and oxygen atoms in total. The molecule has 0 aromatic carbocycles. The summed E-state index contributed by atoms with van der Waals surface area (Å²) in [5.74, 6) is 0. The minimum Gasteiger partial charge on any atom is -0.270 e. The second kappa shape index (κ2) is 14.6. The molecular formula is C17H34O3S. The third kappa shape index (κ3) is 19.6. The third-order valence-corrected chi connectivity index (χ3v) is 4.05. The fourth-order valence-electron chi connectivity index (χ4n) is 2.21. The molecular weight excluding hydrogens is 284 g/mol. The van der Waals surface area contributed by atoms with Crippen molar-refractivity contribution in [2.75, 3.05) is 12.9 Å². The number of hydrogen-bond acceptors (Lipinski definition) is 3. The Bertz CT molecular complexity index is 334. The first-order valence-electron chi connectivity index (χ1n) is 8.55. The fraction of sp³-hybridized carbons (Fsp3) is 0.882. The molecule has 0 unspecified atom stereocenters. The Morgan fingerprint density at radius 1 is 0.762 bits per heavy atom. The quantitative estimate of drug-likeness (QED) is 0.236. The average molecular weight is 319 g/mol. The predicted octanol–water partition coefficient (Wildman–Crippen LogP) is 5.22. The van der Waals surface area contributed by atoms with Gasteiger partial charge < -0.3 is 0 Å². The largest absolute Gasteiger partial charge is 0.270 e. The van der Waals surface area contributed by atoms with E-state index >= 15 is 0 Å². The van der Waals surface area contributed by atoms with Gasteiger partial charge in [-0.15, -0.1) is 0 Å². The molecule has 0 radical (unpaired) electrons. The Morgan fingerprint density at radius 3 is 1.76 bits per heavy atom. The molecule has 0 atom stereocenters. The SMILES string of the molecule is CCCCCC/C=C/CCCCCCCCOS(C)(=O)=O. The van der Waals surface area contributed by atoms with Crippen LogP contribution in [0, 0.1) is 0 Å². The van der Waals surface area contributed by atoms with E-state index in [1.54, 1.807) is 0 Å². The third-order valence-electron chi connectivity index (χ3n) is 3.45. The normalized spacial score (nSPS) is 12.3. The van der Waals surface area contributed by atoms with E-state index in [4.69, 9.17) is 4.18 Å². The monoisotopic (exact) mass is 318 g/mol. The van der Waals surface area contributed by atoms with Gasteiger partial charge in [0.2, 0.25) is 0 Å². The van der Waals surface area contributed by atoms with Crippen LogP contribution in [0.1, 0.15) is 84.0 Å². The summed E-state index contributed by atoms with van der Waals surface area (Å²) in [5, 5.41) is 0. The molecule has 0 aliphatic heterocycles. The second-order valence-electron chi connectivity index (χ2n) is 5.76. The van der Waals surface area contributed by atoms with E-state index in [1.807, 2.05) is 0 Å². The van der Waals surface area contributed by atoms with Gasteiger partial charge in [-0.2, -0.15) is 8.42 Å². The highest BCUT2D eigenvalue weighted by Gasteiger charge is 2.00. The molecule has 0 saturated heterocycles. The van der Waals surface area contributed by atoms with E-state index in [-0.39, 0.29) is 0 Å². The molecule has 0 spiro atoms. The highest BCUT2D eigenvalue weighted by Crippen LogP contribution is 2.09. The van der Waals surface area contributed by atoms with Crippen LogP contribution in [0.25, 0.3) is 0 Å². The maximum absolute atomic E-state index is 10.7. The maximum Gasteiger partial charge on any atom is 0.264 e. The molecule has 126 valence electrons. The average Bonchev–Trinajstić information content (AvgIpc) is 2.42. The Balaban J connectivity index is 3.13. The number of hydrogen-bond donors (Lipinski definition) is 0. The summed E-state index contributed by atoms with van der Waals surface area (Å²) in [5.41, 5.74) is 0. The molecule has 0 saturated carbocycles. The molecule has 21 heavy (non-hydrogen) atoms. The van der Waals surface area contributed by atoms with E-state index < -0.39 is 10.1 Å². The van der Waals surface area contributed by atoms with Gasteiger partial charge in [0.05, 0.1) is 12.9 Å². The summed E-state index contributed by atoms with van der Waals surface area (Å²) >= 11 is 0. The Morgan fingerprint density at radius 2 is 1.24 bits per heavy atom. The summed E-state index contributed by atoms with van der Waals surface area (Å²) in [6.45, 7) is 2.58. The minimum atomic E-state index is -3.25. The van der Waals surface area contributed by atoms with Gasteiger partial charge in [0.1, 0.15) is 0 Å². The Labute approximate surface area is 132 Å². The Kier molecular flexibility index (Phi) is 14.3. The smallest absolute Gasteiger partial charge is 0.264 e. The molecule has 0 aliphatic rings. The van der Waals surface area contributed by atoms with Gasteiger partial charge in [0.15, 0.2) is 0 Å². The van der Waals surface area contributed by atoms with Crippen LogP contribution in [0.3, 0.4) is 0 Å². The lowest BCUT2D eigenvalue weighted by Crippen LogP contribution is -2.03. The topological polar surface area (TPSA) is 43.4 Å². The van der Waals surface area contributed by atoms with Crippen LogP contribution in [0.5, 0.6) is 0 Å². The van der Waals surface area contributed by atoms with Gasteiger partial charge in [-0.3, -0.25) is 4.18 Å². The molecule has 0 bridgehead atoms.